The summed E-state index contributed by atoms with van der Waals surface area (Å²) in [6, 6.07) is 8.23. The molecule has 0 saturated carbocycles. The lowest BCUT2D eigenvalue weighted by molar-refractivity contribution is -0.159. The molecule has 1 aromatic rings. The van der Waals surface area contributed by atoms with Crippen molar-refractivity contribution in [2.75, 3.05) is 6.61 Å². The summed E-state index contributed by atoms with van der Waals surface area (Å²) in [7, 11) is 0. The minimum Gasteiger partial charge on any atom is -0.465 e. The van der Waals surface area contributed by atoms with E-state index in [1.54, 1.807) is 20.8 Å². The van der Waals surface area contributed by atoms with Gasteiger partial charge in [0.05, 0.1) is 6.61 Å². The minimum atomic E-state index is -1.05. The van der Waals surface area contributed by atoms with E-state index in [1.165, 1.54) is 11.1 Å². The zero-order chi connectivity index (χ0) is 14.8. The van der Waals surface area contributed by atoms with Crippen LogP contribution in [-0.4, -0.2) is 18.4 Å². The molecule has 1 aliphatic rings. The van der Waals surface area contributed by atoms with Gasteiger partial charge in [0.2, 0.25) is 0 Å². The van der Waals surface area contributed by atoms with Gasteiger partial charge in [-0.3, -0.25) is 9.59 Å². The van der Waals surface area contributed by atoms with E-state index in [9.17, 15) is 9.59 Å². The Labute approximate surface area is 120 Å². The topological polar surface area (TPSA) is 43.4 Å². The van der Waals surface area contributed by atoms with Crippen molar-refractivity contribution in [3.8, 4) is 0 Å². The number of esters is 1. The summed E-state index contributed by atoms with van der Waals surface area (Å²) in [6.07, 6.45) is 2.46. The average Bonchev–Trinajstić information content (AvgIpc) is 2.46. The lowest BCUT2D eigenvalue weighted by atomic mass is 9.73. The summed E-state index contributed by atoms with van der Waals surface area (Å²) < 4.78 is 5.03. The van der Waals surface area contributed by atoms with Gasteiger partial charge in [0.15, 0.2) is 5.78 Å². The number of rotatable bonds is 4. The quantitative estimate of drug-likeness (QED) is 0.626. The predicted molar refractivity (Wildman–Crippen MR) is 77.4 cm³/mol. The fourth-order valence-corrected chi connectivity index (χ4v) is 2.84. The SMILES string of the molecule is CCOC(=O)C(C)(C)C(=O)C1CCc2ccccc2C1. The number of aryl methyl sites for hydroxylation is 1. The maximum absolute atomic E-state index is 12.6. The van der Waals surface area contributed by atoms with Crippen LogP contribution in [0.3, 0.4) is 0 Å². The van der Waals surface area contributed by atoms with Crippen LogP contribution in [0, 0.1) is 11.3 Å². The molecule has 0 bridgehead atoms. The molecule has 1 aromatic carbocycles. The molecule has 20 heavy (non-hydrogen) atoms. The van der Waals surface area contributed by atoms with Crippen LogP contribution in [0.1, 0.15) is 38.3 Å². The number of ketones is 1. The largest absolute Gasteiger partial charge is 0.465 e. The lowest BCUT2D eigenvalue weighted by Crippen LogP contribution is -2.41. The Bertz CT molecular complexity index is 517. The molecule has 2 rings (SSSR count). The van der Waals surface area contributed by atoms with Gasteiger partial charge in [0.25, 0.3) is 0 Å². The molecule has 0 amide bonds. The van der Waals surface area contributed by atoms with Gasteiger partial charge < -0.3 is 4.74 Å². The number of benzene rings is 1. The van der Waals surface area contributed by atoms with Gasteiger partial charge in [-0.15, -0.1) is 0 Å². The van der Waals surface area contributed by atoms with Gasteiger partial charge in [-0.1, -0.05) is 24.3 Å². The van der Waals surface area contributed by atoms with E-state index in [2.05, 4.69) is 12.1 Å². The van der Waals surface area contributed by atoms with Gasteiger partial charge in [0.1, 0.15) is 5.41 Å². The molecule has 0 saturated heterocycles. The summed E-state index contributed by atoms with van der Waals surface area (Å²) in [4.78, 5) is 24.6. The summed E-state index contributed by atoms with van der Waals surface area (Å²) in [5.41, 5.74) is 1.51. The molecule has 3 nitrogen and oxygen atoms in total. The number of carbonyl (C=O) groups is 2. The molecule has 0 aromatic heterocycles. The minimum absolute atomic E-state index is 0.00505. The maximum atomic E-state index is 12.6. The highest BCUT2D eigenvalue weighted by Gasteiger charge is 2.41. The molecular weight excluding hydrogens is 252 g/mol. The zero-order valence-corrected chi connectivity index (χ0v) is 12.4. The van der Waals surface area contributed by atoms with E-state index in [0.717, 1.165) is 19.3 Å². The van der Waals surface area contributed by atoms with Crippen LogP contribution in [-0.2, 0) is 27.2 Å². The van der Waals surface area contributed by atoms with Gasteiger partial charge >= 0.3 is 5.97 Å². The second-order valence-corrected chi connectivity index (χ2v) is 5.92. The molecule has 108 valence electrons. The molecule has 0 heterocycles. The summed E-state index contributed by atoms with van der Waals surface area (Å²) >= 11 is 0. The van der Waals surface area contributed by atoms with Crippen molar-refractivity contribution in [1.29, 1.82) is 0 Å². The molecule has 1 atom stereocenters. The Balaban J connectivity index is 2.13. The van der Waals surface area contributed by atoms with E-state index in [0.29, 0.717) is 6.61 Å². The fraction of sp³-hybridized carbons (Fsp3) is 0.529. The van der Waals surface area contributed by atoms with E-state index < -0.39 is 11.4 Å². The van der Waals surface area contributed by atoms with E-state index in [4.69, 9.17) is 4.74 Å². The number of Topliss-reactive ketones (excluding diaryl/α,β-unsaturated/α-hetero) is 1. The molecule has 0 spiro atoms. The molecular formula is C17H22O3. The standard InChI is InChI=1S/C17H22O3/c1-4-20-16(19)17(2,3)15(18)14-10-9-12-7-5-6-8-13(12)11-14/h5-8,14H,4,9-11H2,1-3H3. The van der Waals surface area contributed by atoms with Crippen LogP contribution in [0.2, 0.25) is 0 Å². The van der Waals surface area contributed by atoms with Crippen LogP contribution in [0.25, 0.3) is 0 Å². The van der Waals surface area contributed by atoms with Crippen LogP contribution in [0.5, 0.6) is 0 Å². The Morgan fingerprint density at radius 2 is 1.90 bits per heavy atom. The smallest absolute Gasteiger partial charge is 0.319 e. The van der Waals surface area contributed by atoms with Crippen molar-refractivity contribution < 1.29 is 14.3 Å². The van der Waals surface area contributed by atoms with Crippen molar-refractivity contribution in [2.24, 2.45) is 11.3 Å². The van der Waals surface area contributed by atoms with E-state index in [-0.39, 0.29) is 11.7 Å². The molecule has 1 aliphatic carbocycles. The van der Waals surface area contributed by atoms with Crippen LogP contribution in [0.15, 0.2) is 24.3 Å². The average molecular weight is 274 g/mol. The van der Waals surface area contributed by atoms with E-state index in [1.807, 2.05) is 12.1 Å². The number of fused-ring (bicyclic) bond motifs is 1. The second-order valence-electron chi connectivity index (χ2n) is 5.92. The van der Waals surface area contributed by atoms with E-state index >= 15 is 0 Å². The highest BCUT2D eigenvalue weighted by Crippen LogP contribution is 2.32. The first-order chi connectivity index (χ1) is 9.46. The maximum Gasteiger partial charge on any atom is 0.319 e. The van der Waals surface area contributed by atoms with Crippen LogP contribution < -0.4 is 0 Å². The molecule has 0 aliphatic heterocycles. The number of ether oxygens (including phenoxy) is 1. The molecule has 3 heteroatoms. The Hall–Kier alpha value is -1.64. The summed E-state index contributed by atoms with van der Waals surface area (Å²) in [6.45, 7) is 5.42. The fourth-order valence-electron chi connectivity index (χ4n) is 2.84. The Kier molecular flexibility index (Phi) is 4.26. The highest BCUT2D eigenvalue weighted by molar-refractivity contribution is 6.04. The monoisotopic (exact) mass is 274 g/mol. The number of hydrogen-bond acceptors (Lipinski definition) is 3. The van der Waals surface area contributed by atoms with Gasteiger partial charge in [-0.2, -0.15) is 0 Å². The molecule has 1 unspecified atom stereocenters. The second kappa shape index (κ2) is 5.78. The Morgan fingerprint density at radius 1 is 1.25 bits per heavy atom. The Morgan fingerprint density at radius 3 is 2.55 bits per heavy atom. The number of hydrogen-bond donors (Lipinski definition) is 0. The van der Waals surface area contributed by atoms with Crippen molar-refractivity contribution in [3.63, 3.8) is 0 Å². The third-order valence-electron chi connectivity index (χ3n) is 4.12. The van der Waals surface area contributed by atoms with Crippen molar-refractivity contribution in [2.45, 2.75) is 40.0 Å². The van der Waals surface area contributed by atoms with Crippen LogP contribution >= 0.6 is 0 Å². The lowest BCUT2D eigenvalue weighted by Gasteiger charge is -2.29. The first-order valence-electron chi connectivity index (χ1n) is 7.25. The van der Waals surface area contributed by atoms with Crippen molar-refractivity contribution in [3.05, 3.63) is 35.4 Å². The molecule has 0 fully saturated rings. The third kappa shape index (κ3) is 2.77. The third-order valence-corrected chi connectivity index (χ3v) is 4.12. The van der Waals surface area contributed by atoms with Gasteiger partial charge in [0, 0.05) is 5.92 Å². The summed E-state index contributed by atoms with van der Waals surface area (Å²) in [5.74, 6) is -0.487. The first kappa shape index (κ1) is 14.8. The van der Waals surface area contributed by atoms with Gasteiger partial charge in [-0.05, 0) is 51.2 Å². The predicted octanol–water partition coefficient (Wildman–Crippen LogP) is 2.95. The van der Waals surface area contributed by atoms with Crippen LogP contribution in [0.4, 0.5) is 0 Å². The molecule has 0 radical (unpaired) electrons. The van der Waals surface area contributed by atoms with Crippen molar-refractivity contribution >= 4 is 11.8 Å². The normalized spacial score (nSPS) is 18.2. The molecule has 0 N–H and O–H groups in total. The van der Waals surface area contributed by atoms with Crippen molar-refractivity contribution in [1.82, 2.24) is 0 Å². The zero-order valence-electron chi connectivity index (χ0n) is 12.4. The van der Waals surface area contributed by atoms with Gasteiger partial charge in [-0.25, -0.2) is 0 Å². The number of carbonyl (C=O) groups excluding carboxylic acids is 2. The first-order valence-corrected chi connectivity index (χ1v) is 7.25. The summed E-state index contributed by atoms with van der Waals surface area (Å²) in [5, 5.41) is 0. The highest BCUT2D eigenvalue weighted by atomic mass is 16.5.